The van der Waals surface area contributed by atoms with E-state index in [-0.39, 0.29) is 0 Å². The topological polar surface area (TPSA) is 58.1 Å². The van der Waals surface area contributed by atoms with Gasteiger partial charge >= 0.3 is 0 Å². The molecule has 0 amide bonds. The molecule has 0 atom stereocenters. The van der Waals surface area contributed by atoms with E-state index in [0.717, 1.165) is 73.6 Å². The van der Waals surface area contributed by atoms with Crippen molar-refractivity contribution in [2.75, 3.05) is 46.5 Å². The maximum absolute atomic E-state index is 5.36. The summed E-state index contributed by atoms with van der Waals surface area (Å²) in [5.74, 6) is 0.859. The van der Waals surface area contributed by atoms with Crippen LogP contribution in [-0.4, -0.2) is 62.2 Å². The molecule has 0 unspecified atom stereocenters. The lowest BCUT2D eigenvalue weighted by atomic mass is 10.0. The van der Waals surface area contributed by atoms with Crippen LogP contribution < -0.4 is 15.5 Å². The quantitative estimate of drug-likeness (QED) is 0.323. The number of benzene rings is 2. The minimum Gasteiger partial charge on any atom is -0.497 e. The molecule has 1 saturated heterocycles. The van der Waals surface area contributed by atoms with Crippen LogP contribution in [0.2, 0.25) is 0 Å². The van der Waals surface area contributed by atoms with Crippen molar-refractivity contribution in [2.24, 2.45) is 5.10 Å². The second-order valence-corrected chi connectivity index (χ2v) is 7.21. The molecule has 1 heterocycles. The van der Waals surface area contributed by atoms with Crippen molar-refractivity contribution in [3.63, 3.8) is 0 Å². The number of hydrogen-bond donors (Lipinski definition) is 2. The van der Waals surface area contributed by atoms with Crippen molar-refractivity contribution in [1.82, 2.24) is 15.6 Å². The van der Waals surface area contributed by atoms with Gasteiger partial charge in [-0.25, -0.2) is 0 Å². The molecule has 6 nitrogen and oxygen atoms in total. The number of thiocarbonyl (C=S) groups is 1. The fraction of sp³-hybridized carbons (Fsp3) is 0.429. The molecule has 0 aliphatic carbocycles. The first-order valence-electron chi connectivity index (χ1n) is 9.62. The minimum absolute atomic E-state index is 0.548. The van der Waals surface area contributed by atoms with Gasteiger partial charge < -0.3 is 14.8 Å². The van der Waals surface area contributed by atoms with Crippen LogP contribution in [-0.2, 0) is 4.74 Å². The Bertz CT molecular complexity index is 834. The fourth-order valence-electron chi connectivity index (χ4n) is 3.14. The van der Waals surface area contributed by atoms with Crippen molar-refractivity contribution >= 4 is 33.8 Å². The first-order chi connectivity index (χ1) is 13.7. The summed E-state index contributed by atoms with van der Waals surface area (Å²) in [6, 6.07) is 12.3. The Morgan fingerprint density at radius 2 is 1.93 bits per heavy atom. The molecular weight excluding hydrogens is 372 g/mol. The predicted molar refractivity (Wildman–Crippen MR) is 118 cm³/mol. The molecule has 2 N–H and O–H groups in total. The van der Waals surface area contributed by atoms with E-state index in [4.69, 9.17) is 21.7 Å². The number of hydrazone groups is 1. The smallest absolute Gasteiger partial charge is 0.186 e. The highest BCUT2D eigenvalue weighted by Crippen LogP contribution is 2.22. The molecule has 7 heteroatoms. The summed E-state index contributed by atoms with van der Waals surface area (Å²) in [6.07, 6.45) is 1.04. The monoisotopic (exact) mass is 400 g/mol. The lowest BCUT2D eigenvalue weighted by Crippen LogP contribution is -2.39. The molecule has 0 spiro atoms. The SMILES string of the molecule is COc1ccc2cc(/C(C)=N\NC(=S)NCCCN3CCOCC3)ccc2c1. The molecule has 0 bridgehead atoms. The van der Waals surface area contributed by atoms with Crippen LogP contribution in [0.15, 0.2) is 41.5 Å². The van der Waals surface area contributed by atoms with Gasteiger partial charge in [0.1, 0.15) is 5.75 Å². The summed E-state index contributed by atoms with van der Waals surface area (Å²) in [5, 5.41) is 10.5. The third kappa shape index (κ3) is 5.89. The fourth-order valence-corrected chi connectivity index (χ4v) is 3.29. The van der Waals surface area contributed by atoms with Crippen LogP contribution in [0, 0.1) is 0 Å². The van der Waals surface area contributed by atoms with Crippen LogP contribution >= 0.6 is 12.2 Å². The standard InChI is InChI=1S/C21H28N4O2S/c1-16(17-4-5-19-15-20(26-2)7-6-18(19)14-17)23-24-21(28)22-8-3-9-25-10-12-27-13-11-25/h4-7,14-15H,3,8-13H2,1-2H3,(H2,22,24,28)/b23-16-. The number of methoxy groups -OCH3 is 1. The predicted octanol–water partition coefficient (Wildman–Crippen LogP) is 2.76. The van der Waals surface area contributed by atoms with Gasteiger partial charge in [0.15, 0.2) is 5.11 Å². The first kappa shape index (κ1) is 20.5. The highest BCUT2D eigenvalue weighted by Gasteiger charge is 2.09. The summed E-state index contributed by atoms with van der Waals surface area (Å²) in [4.78, 5) is 2.42. The number of hydrogen-bond acceptors (Lipinski definition) is 5. The van der Waals surface area contributed by atoms with Gasteiger partial charge in [0.2, 0.25) is 0 Å². The Morgan fingerprint density at radius 1 is 1.18 bits per heavy atom. The molecule has 150 valence electrons. The van der Waals surface area contributed by atoms with Crippen molar-refractivity contribution in [3.8, 4) is 5.75 Å². The lowest BCUT2D eigenvalue weighted by molar-refractivity contribution is 0.0376. The molecule has 2 aromatic rings. The maximum Gasteiger partial charge on any atom is 0.186 e. The molecule has 0 aromatic heterocycles. The van der Waals surface area contributed by atoms with Gasteiger partial charge in [-0.1, -0.05) is 18.2 Å². The Morgan fingerprint density at radius 3 is 2.71 bits per heavy atom. The number of morpholine rings is 1. The summed E-state index contributed by atoms with van der Waals surface area (Å²) in [6.45, 7) is 7.57. The molecule has 1 aliphatic heterocycles. The van der Waals surface area contributed by atoms with Gasteiger partial charge in [0, 0.05) is 19.6 Å². The van der Waals surface area contributed by atoms with Crippen LogP contribution in [0.1, 0.15) is 18.9 Å². The zero-order valence-electron chi connectivity index (χ0n) is 16.5. The average Bonchev–Trinajstić information content (AvgIpc) is 2.75. The van der Waals surface area contributed by atoms with Gasteiger partial charge in [0.05, 0.1) is 26.0 Å². The summed E-state index contributed by atoms with van der Waals surface area (Å²) in [7, 11) is 1.68. The highest BCUT2D eigenvalue weighted by atomic mass is 32.1. The van der Waals surface area contributed by atoms with Gasteiger partial charge in [-0.05, 0) is 66.6 Å². The van der Waals surface area contributed by atoms with Gasteiger partial charge in [-0.3, -0.25) is 10.3 Å². The zero-order chi connectivity index (χ0) is 19.8. The van der Waals surface area contributed by atoms with E-state index in [1.165, 1.54) is 0 Å². The molecule has 0 radical (unpaired) electrons. The summed E-state index contributed by atoms with van der Waals surface area (Å²) >= 11 is 5.32. The van der Waals surface area contributed by atoms with Crippen molar-refractivity contribution in [1.29, 1.82) is 0 Å². The number of rotatable bonds is 7. The Labute approximate surface area is 171 Å². The van der Waals surface area contributed by atoms with Gasteiger partial charge in [0.25, 0.3) is 0 Å². The summed E-state index contributed by atoms with van der Waals surface area (Å²) in [5.41, 5.74) is 4.88. The van der Waals surface area contributed by atoms with E-state index < -0.39 is 0 Å². The van der Waals surface area contributed by atoms with Crippen LogP contribution in [0.25, 0.3) is 10.8 Å². The normalized spacial score (nSPS) is 15.4. The number of nitrogens with one attached hydrogen (secondary N) is 2. The molecular formula is C21H28N4O2S. The van der Waals surface area contributed by atoms with Crippen molar-refractivity contribution in [2.45, 2.75) is 13.3 Å². The van der Waals surface area contributed by atoms with E-state index in [0.29, 0.717) is 5.11 Å². The van der Waals surface area contributed by atoms with Crippen molar-refractivity contribution in [3.05, 3.63) is 42.0 Å². The second kappa shape index (κ2) is 10.4. The first-order valence-corrected chi connectivity index (χ1v) is 10.0. The molecule has 28 heavy (non-hydrogen) atoms. The molecule has 2 aromatic carbocycles. The van der Waals surface area contributed by atoms with Crippen molar-refractivity contribution < 1.29 is 9.47 Å². The summed E-state index contributed by atoms with van der Waals surface area (Å²) < 4.78 is 10.6. The minimum atomic E-state index is 0.548. The van der Waals surface area contributed by atoms with E-state index in [9.17, 15) is 0 Å². The maximum atomic E-state index is 5.36. The molecule has 1 aliphatic rings. The number of nitrogens with zero attached hydrogens (tertiary/aromatic N) is 2. The van der Waals surface area contributed by atoms with E-state index in [1.54, 1.807) is 7.11 Å². The number of ether oxygens (including phenoxy) is 2. The Kier molecular flexibility index (Phi) is 7.59. The molecule has 0 saturated carbocycles. The third-order valence-electron chi connectivity index (χ3n) is 4.83. The second-order valence-electron chi connectivity index (χ2n) is 6.80. The zero-order valence-corrected chi connectivity index (χ0v) is 17.3. The Balaban J connectivity index is 1.46. The molecule has 3 rings (SSSR count). The van der Waals surface area contributed by atoms with Gasteiger partial charge in [-0.15, -0.1) is 0 Å². The Hall–Kier alpha value is -2.22. The van der Waals surface area contributed by atoms with Crippen LogP contribution in [0.5, 0.6) is 5.75 Å². The van der Waals surface area contributed by atoms with E-state index in [2.05, 4.69) is 45.0 Å². The van der Waals surface area contributed by atoms with Crippen LogP contribution in [0.3, 0.4) is 0 Å². The highest BCUT2D eigenvalue weighted by molar-refractivity contribution is 7.80. The molecule has 1 fully saturated rings. The number of fused-ring (bicyclic) bond motifs is 1. The third-order valence-corrected chi connectivity index (χ3v) is 5.07. The largest absolute Gasteiger partial charge is 0.497 e. The van der Waals surface area contributed by atoms with Crippen LogP contribution in [0.4, 0.5) is 0 Å². The van der Waals surface area contributed by atoms with E-state index >= 15 is 0 Å². The van der Waals surface area contributed by atoms with Gasteiger partial charge in [-0.2, -0.15) is 5.10 Å². The average molecular weight is 401 g/mol. The lowest BCUT2D eigenvalue weighted by Gasteiger charge is -2.26. The van der Waals surface area contributed by atoms with E-state index in [1.807, 2.05) is 19.1 Å².